The molecule has 0 saturated heterocycles. The van der Waals surface area contributed by atoms with Crippen molar-refractivity contribution in [2.45, 2.75) is 64.3 Å². The van der Waals surface area contributed by atoms with Gasteiger partial charge in [-0.15, -0.1) is 0 Å². The van der Waals surface area contributed by atoms with Gasteiger partial charge in [0.1, 0.15) is 0 Å². The quantitative estimate of drug-likeness (QED) is 0.702. The number of nitrogens with one attached hydrogen (secondary N) is 1. The molecule has 1 aromatic carbocycles. The summed E-state index contributed by atoms with van der Waals surface area (Å²) in [5.41, 5.74) is 3.03. The first-order valence-corrected chi connectivity index (χ1v) is 7.60. The molecule has 1 heteroatoms. The zero-order chi connectivity index (χ0) is 12.8. The van der Waals surface area contributed by atoms with Crippen LogP contribution in [0, 0.1) is 6.92 Å². The highest BCUT2D eigenvalue weighted by molar-refractivity contribution is 5.31. The van der Waals surface area contributed by atoms with Crippen LogP contribution in [0.2, 0.25) is 0 Å². The fourth-order valence-corrected chi connectivity index (χ4v) is 2.94. The molecule has 0 unspecified atom stereocenters. The standard InChI is InChI=1S/C17H27N/c1-3-4-5-8-11-18-16-12-15(13-16)17-10-7-6-9-14(17)2/h6-7,9-10,15-16,18H,3-5,8,11-13H2,1-2H3. The van der Waals surface area contributed by atoms with Crippen LogP contribution in [-0.2, 0) is 0 Å². The predicted molar refractivity (Wildman–Crippen MR) is 79.1 cm³/mol. The van der Waals surface area contributed by atoms with E-state index in [1.165, 1.54) is 50.6 Å². The zero-order valence-corrected chi connectivity index (χ0v) is 11.9. The molecule has 0 atom stereocenters. The zero-order valence-electron chi connectivity index (χ0n) is 11.9. The van der Waals surface area contributed by atoms with Crippen LogP contribution in [0.4, 0.5) is 0 Å². The van der Waals surface area contributed by atoms with E-state index >= 15 is 0 Å². The number of unbranched alkanes of at least 4 members (excludes halogenated alkanes) is 3. The van der Waals surface area contributed by atoms with Crippen LogP contribution in [0.3, 0.4) is 0 Å². The summed E-state index contributed by atoms with van der Waals surface area (Å²) in [5.74, 6) is 0.805. The van der Waals surface area contributed by atoms with Crippen molar-refractivity contribution in [1.29, 1.82) is 0 Å². The summed E-state index contributed by atoms with van der Waals surface area (Å²) >= 11 is 0. The minimum atomic E-state index is 0.774. The van der Waals surface area contributed by atoms with Gasteiger partial charge >= 0.3 is 0 Å². The van der Waals surface area contributed by atoms with Gasteiger partial charge in [0.25, 0.3) is 0 Å². The third kappa shape index (κ3) is 3.58. The van der Waals surface area contributed by atoms with Crippen molar-refractivity contribution in [3.05, 3.63) is 35.4 Å². The molecule has 1 nitrogen and oxygen atoms in total. The third-order valence-electron chi connectivity index (χ3n) is 4.23. The topological polar surface area (TPSA) is 12.0 Å². The van der Waals surface area contributed by atoms with Crippen LogP contribution in [0.5, 0.6) is 0 Å². The summed E-state index contributed by atoms with van der Waals surface area (Å²) in [6.07, 6.45) is 8.12. The van der Waals surface area contributed by atoms with E-state index in [2.05, 4.69) is 43.4 Å². The molecular weight excluding hydrogens is 218 g/mol. The average molecular weight is 245 g/mol. The highest BCUT2D eigenvalue weighted by Gasteiger charge is 2.30. The summed E-state index contributed by atoms with van der Waals surface area (Å²) in [7, 11) is 0. The molecule has 1 N–H and O–H groups in total. The number of hydrogen-bond acceptors (Lipinski definition) is 1. The Balaban J connectivity index is 1.64. The lowest BCUT2D eigenvalue weighted by Gasteiger charge is -2.37. The normalized spacial score (nSPS) is 22.8. The maximum absolute atomic E-state index is 3.70. The first-order chi connectivity index (χ1) is 8.81. The van der Waals surface area contributed by atoms with Crippen LogP contribution in [0.1, 0.15) is 62.5 Å². The molecule has 0 aromatic heterocycles. The predicted octanol–water partition coefficient (Wildman–Crippen LogP) is 4.41. The third-order valence-corrected chi connectivity index (χ3v) is 4.23. The molecule has 0 spiro atoms. The van der Waals surface area contributed by atoms with E-state index < -0.39 is 0 Å². The lowest BCUT2D eigenvalue weighted by atomic mass is 9.74. The molecule has 0 amide bonds. The summed E-state index contributed by atoms with van der Waals surface area (Å²) < 4.78 is 0. The highest BCUT2D eigenvalue weighted by atomic mass is 14.9. The van der Waals surface area contributed by atoms with Crippen LogP contribution < -0.4 is 5.32 Å². The fraction of sp³-hybridized carbons (Fsp3) is 0.647. The largest absolute Gasteiger partial charge is 0.314 e. The van der Waals surface area contributed by atoms with E-state index in [0.717, 1.165) is 12.0 Å². The van der Waals surface area contributed by atoms with Crippen molar-refractivity contribution >= 4 is 0 Å². The van der Waals surface area contributed by atoms with Crippen molar-refractivity contribution in [3.63, 3.8) is 0 Å². The molecule has 2 rings (SSSR count). The minimum absolute atomic E-state index is 0.774. The molecule has 1 saturated carbocycles. The molecule has 1 fully saturated rings. The van der Waals surface area contributed by atoms with E-state index in [1.54, 1.807) is 5.56 Å². The Hall–Kier alpha value is -0.820. The number of hydrogen-bond donors (Lipinski definition) is 1. The summed E-state index contributed by atoms with van der Waals surface area (Å²) in [6, 6.07) is 9.63. The monoisotopic (exact) mass is 245 g/mol. The molecule has 0 bridgehead atoms. The van der Waals surface area contributed by atoms with E-state index in [-0.39, 0.29) is 0 Å². The van der Waals surface area contributed by atoms with E-state index in [0.29, 0.717) is 0 Å². The van der Waals surface area contributed by atoms with Gasteiger partial charge in [0, 0.05) is 6.04 Å². The van der Waals surface area contributed by atoms with Crippen LogP contribution in [0.15, 0.2) is 24.3 Å². The van der Waals surface area contributed by atoms with Gasteiger partial charge < -0.3 is 5.32 Å². The van der Waals surface area contributed by atoms with Crippen molar-refractivity contribution < 1.29 is 0 Å². The first kappa shape index (κ1) is 13.6. The van der Waals surface area contributed by atoms with Gasteiger partial charge in [-0.25, -0.2) is 0 Å². The molecule has 0 radical (unpaired) electrons. The van der Waals surface area contributed by atoms with Gasteiger partial charge in [-0.1, -0.05) is 50.5 Å². The Labute approximate surface area is 112 Å². The summed E-state index contributed by atoms with van der Waals surface area (Å²) in [5, 5.41) is 3.70. The van der Waals surface area contributed by atoms with E-state index in [4.69, 9.17) is 0 Å². The Morgan fingerprint density at radius 3 is 2.61 bits per heavy atom. The molecule has 0 aliphatic heterocycles. The molecule has 1 aromatic rings. The molecule has 18 heavy (non-hydrogen) atoms. The van der Waals surface area contributed by atoms with E-state index in [1.807, 2.05) is 0 Å². The average Bonchev–Trinajstić information content (AvgIpc) is 2.33. The Bertz CT molecular complexity index is 352. The lowest BCUT2D eigenvalue weighted by molar-refractivity contribution is 0.289. The van der Waals surface area contributed by atoms with Crippen LogP contribution in [0.25, 0.3) is 0 Å². The fourth-order valence-electron chi connectivity index (χ4n) is 2.94. The van der Waals surface area contributed by atoms with Gasteiger partial charge in [0.05, 0.1) is 0 Å². The second kappa shape index (κ2) is 6.94. The molecule has 1 aliphatic rings. The second-order valence-corrected chi connectivity index (χ2v) is 5.74. The van der Waals surface area contributed by atoms with Crippen LogP contribution in [-0.4, -0.2) is 12.6 Å². The highest BCUT2D eigenvalue weighted by Crippen LogP contribution is 2.38. The van der Waals surface area contributed by atoms with Crippen molar-refractivity contribution in [3.8, 4) is 0 Å². The first-order valence-electron chi connectivity index (χ1n) is 7.60. The lowest BCUT2D eigenvalue weighted by Crippen LogP contribution is -2.40. The van der Waals surface area contributed by atoms with Crippen molar-refractivity contribution in [1.82, 2.24) is 5.32 Å². The Morgan fingerprint density at radius 1 is 1.11 bits per heavy atom. The summed E-state index contributed by atoms with van der Waals surface area (Å²) in [4.78, 5) is 0. The molecule has 1 aliphatic carbocycles. The maximum Gasteiger partial charge on any atom is 0.00787 e. The minimum Gasteiger partial charge on any atom is -0.314 e. The Morgan fingerprint density at radius 2 is 1.89 bits per heavy atom. The van der Waals surface area contributed by atoms with Gasteiger partial charge in [0.2, 0.25) is 0 Å². The smallest absolute Gasteiger partial charge is 0.00787 e. The van der Waals surface area contributed by atoms with Gasteiger partial charge in [0.15, 0.2) is 0 Å². The van der Waals surface area contributed by atoms with Gasteiger partial charge in [-0.2, -0.15) is 0 Å². The Kier molecular flexibility index (Phi) is 5.25. The molecule has 0 heterocycles. The van der Waals surface area contributed by atoms with E-state index in [9.17, 15) is 0 Å². The number of benzene rings is 1. The number of rotatable bonds is 7. The molecule has 100 valence electrons. The second-order valence-electron chi connectivity index (χ2n) is 5.74. The van der Waals surface area contributed by atoms with Crippen molar-refractivity contribution in [2.75, 3.05) is 6.54 Å². The SMILES string of the molecule is CCCCCCNC1CC(c2ccccc2C)C1. The van der Waals surface area contributed by atoms with Gasteiger partial charge in [-0.05, 0) is 49.8 Å². The van der Waals surface area contributed by atoms with Crippen molar-refractivity contribution in [2.24, 2.45) is 0 Å². The molecular formula is C17H27N. The maximum atomic E-state index is 3.70. The van der Waals surface area contributed by atoms with Gasteiger partial charge in [-0.3, -0.25) is 0 Å². The number of aryl methyl sites for hydroxylation is 1. The van der Waals surface area contributed by atoms with Crippen LogP contribution >= 0.6 is 0 Å². The summed E-state index contributed by atoms with van der Waals surface area (Å²) in [6.45, 7) is 5.72.